The Labute approximate surface area is 125 Å². The molecule has 5 nitrogen and oxygen atoms in total. The van der Waals surface area contributed by atoms with Crippen LogP contribution in [0.2, 0.25) is 5.28 Å². The molecule has 2 saturated heterocycles. The molecule has 2 fully saturated rings. The van der Waals surface area contributed by atoms with Crippen molar-refractivity contribution in [2.45, 2.75) is 39.5 Å². The molecular weight excluding hydrogens is 274 g/mol. The second-order valence-corrected chi connectivity index (χ2v) is 6.89. The molecular formula is C14H22ClN5. The van der Waals surface area contributed by atoms with Gasteiger partial charge in [0.15, 0.2) is 0 Å². The fourth-order valence-corrected chi connectivity index (χ4v) is 2.99. The van der Waals surface area contributed by atoms with Crippen LogP contribution < -0.4 is 9.80 Å². The van der Waals surface area contributed by atoms with Gasteiger partial charge in [0.25, 0.3) is 0 Å². The van der Waals surface area contributed by atoms with Crippen LogP contribution >= 0.6 is 11.6 Å². The molecule has 3 rings (SSSR count). The zero-order chi connectivity index (χ0) is 14.2. The van der Waals surface area contributed by atoms with E-state index >= 15 is 0 Å². The molecule has 6 heteroatoms. The van der Waals surface area contributed by atoms with Crippen molar-refractivity contribution >= 4 is 23.5 Å². The molecule has 1 aromatic rings. The highest BCUT2D eigenvalue weighted by Crippen LogP contribution is 2.31. The van der Waals surface area contributed by atoms with Gasteiger partial charge in [-0.1, -0.05) is 13.8 Å². The summed E-state index contributed by atoms with van der Waals surface area (Å²) in [7, 11) is 0. The lowest BCUT2D eigenvalue weighted by Gasteiger charge is -2.37. The maximum atomic E-state index is 6.09. The third kappa shape index (κ3) is 2.97. The van der Waals surface area contributed by atoms with E-state index in [1.165, 1.54) is 12.8 Å². The van der Waals surface area contributed by atoms with Crippen molar-refractivity contribution in [3.05, 3.63) is 5.28 Å². The highest BCUT2D eigenvalue weighted by Gasteiger charge is 2.27. The van der Waals surface area contributed by atoms with E-state index in [4.69, 9.17) is 11.6 Å². The van der Waals surface area contributed by atoms with E-state index in [0.29, 0.717) is 10.7 Å². The molecule has 0 atom stereocenters. The van der Waals surface area contributed by atoms with Gasteiger partial charge in [0.05, 0.1) is 0 Å². The predicted octanol–water partition coefficient (Wildman–Crippen LogP) is 2.75. The Morgan fingerprint density at radius 1 is 0.850 bits per heavy atom. The minimum absolute atomic E-state index is 0.307. The number of aromatic nitrogens is 3. The van der Waals surface area contributed by atoms with Gasteiger partial charge in [-0.25, -0.2) is 0 Å². The second-order valence-electron chi connectivity index (χ2n) is 6.55. The van der Waals surface area contributed by atoms with Crippen LogP contribution in [-0.4, -0.2) is 41.1 Å². The maximum Gasteiger partial charge on any atom is 0.231 e. The first-order valence-corrected chi connectivity index (χ1v) is 7.83. The van der Waals surface area contributed by atoms with E-state index in [1.54, 1.807) is 0 Å². The molecule has 3 heterocycles. The third-order valence-electron chi connectivity index (χ3n) is 4.37. The molecule has 2 aliphatic heterocycles. The Balaban J connectivity index is 1.79. The molecule has 0 saturated carbocycles. The Bertz CT molecular complexity index is 474. The monoisotopic (exact) mass is 295 g/mol. The molecule has 0 aliphatic carbocycles. The van der Waals surface area contributed by atoms with Crippen molar-refractivity contribution in [3.63, 3.8) is 0 Å². The first-order chi connectivity index (χ1) is 9.53. The normalized spacial score (nSPS) is 22.4. The number of nitrogens with zero attached hydrogens (tertiary/aromatic N) is 5. The van der Waals surface area contributed by atoms with Crippen molar-refractivity contribution in [2.75, 3.05) is 36.0 Å². The van der Waals surface area contributed by atoms with E-state index in [9.17, 15) is 0 Å². The number of halogens is 1. The standard InChI is InChI=1S/C14H22ClN5/c1-14(2)5-9-20(10-6-14)13-17-11(15)16-12(18-13)19-7-3-4-8-19/h3-10H2,1-2H3. The fourth-order valence-electron chi connectivity index (χ4n) is 2.84. The zero-order valence-electron chi connectivity index (χ0n) is 12.3. The highest BCUT2D eigenvalue weighted by molar-refractivity contribution is 6.28. The number of rotatable bonds is 2. The molecule has 0 bridgehead atoms. The Hall–Kier alpha value is -1.10. The lowest BCUT2D eigenvalue weighted by atomic mass is 9.83. The molecule has 0 unspecified atom stereocenters. The van der Waals surface area contributed by atoms with Crippen LogP contribution in [0, 0.1) is 5.41 Å². The largest absolute Gasteiger partial charge is 0.341 e. The van der Waals surface area contributed by atoms with E-state index < -0.39 is 0 Å². The molecule has 20 heavy (non-hydrogen) atoms. The van der Waals surface area contributed by atoms with Gasteiger partial charge in [-0.3, -0.25) is 0 Å². The van der Waals surface area contributed by atoms with Gasteiger partial charge in [0.2, 0.25) is 17.2 Å². The fraction of sp³-hybridized carbons (Fsp3) is 0.786. The Morgan fingerprint density at radius 2 is 1.35 bits per heavy atom. The minimum Gasteiger partial charge on any atom is -0.341 e. The summed E-state index contributed by atoms with van der Waals surface area (Å²) in [5.41, 5.74) is 0.422. The summed E-state index contributed by atoms with van der Waals surface area (Å²) in [6.07, 6.45) is 4.73. The molecule has 1 aromatic heterocycles. The number of hydrogen-bond donors (Lipinski definition) is 0. The van der Waals surface area contributed by atoms with Crippen LogP contribution in [0.5, 0.6) is 0 Å². The summed E-state index contributed by atoms with van der Waals surface area (Å²) in [6, 6.07) is 0. The molecule has 0 spiro atoms. The van der Waals surface area contributed by atoms with Gasteiger partial charge in [-0.15, -0.1) is 0 Å². The van der Waals surface area contributed by atoms with Crippen molar-refractivity contribution in [1.82, 2.24) is 15.0 Å². The van der Waals surface area contributed by atoms with Gasteiger partial charge >= 0.3 is 0 Å². The maximum absolute atomic E-state index is 6.09. The zero-order valence-corrected chi connectivity index (χ0v) is 13.0. The Kier molecular flexibility index (Phi) is 3.71. The molecule has 2 aliphatic rings. The lowest BCUT2D eigenvalue weighted by molar-refractivity contribution is 0.278. The van der Waals surface area contributed by atoms with Crippen molar-refractivity contribution < 1.29 is 0 Å². The lowest BCUT2D eigenvalue weighted by Crippen LogP contribution is -2.38. The van der Waals surface area contributed by atoms with Crippen LogP contribution in [-0.2, 0) is 0 Å². The SMILES string of the molecule is CC1(C)CCN(c2nc(Cl)nc(N3CCCC3)n2)CC1. The summed E-state index contributed by atoms with van der Waals surface area (Å²) in [4.78, 5) is 17.7. The molecule has 0 aromatic carbocycles. The van der Waals surface area contributed by atoms with Crippen LogP contribution in [0.25, 0.3) is 0 Å². The topological polar surface area (TPSA) is 45.2 Å². The first kappa shape index (κ1) is 13.9. The van der Waals surface area contributed by atoms with E-state index in [1.807, 2.05) is 0 Å². The summed E-state index contributed by atoms with van der Waals surface area (Å²) in [5.74, 6) is 1.48. The minimum atomic E-state index is 0.307. The predicted molar refractivity (Wildman–Crippen MR) is 81.5 cm³/mol. The molecule has 110 valence electrons. The first-order valence-electron chi connectivity index (χ1n) is 7.45. The molecule has 0 radical (unpaired) electrons. The van der Waals surface area contributed by atoms with Crippen molar-refractivity contribution in [2.24, 2.45) is 5.41 Å². The van der Waals surface area contributed by atoms with Crippen LogP contribution in [0.3, 0.4) is 0 Å². The summed E-state index contributed by atoms with van der Waals surface area (Å²) in [5, 5.41) is 0.307. The van der Waals surface area contributed by atoms with Crippen molar-refractivity contribution in [3.8, 4) is 0 Å². The number of hydrogen-bond acceptors (Lipinski definition) is 5. The van der Waals surface area contributed by atoms with Crippen molar-refractivity contribution in [1.29, 1.82) is 0 Å². The van der Waals surface area contributed by atoms with Crippen LogP contribution in [0.15, 0.2) is 0 Å². The summed E-state index contributed by atoms with van der Waals surface area (Å²) in [6.45, 7) is 8.67. The quantitative estimate of drug-likeness (QED) is 0.839. The number of anilines is 2. The summed E-state index contributed by atoms with van der Waals surface area (Å²) < 4.78 is 0. The number of piperidine rings is 1. The average molecular weight is 296 g/mol. The van der Waals surface area contributed by atoms with E-state index in [-0.39, 0.29) is 0 Å². The Morgan fingerprint density at radius 3 is 1.90 bits per heavy atom. The third-order valence-corrected chi connectivity index (χ3v) is 4.54. The highest BCUT2D eigenvalue weighted by atomic mass is 35.5. The van der Waals surface area contributed by atoms with Gasteiger partial charge in [-0.2, -0.15) is 15.0 Å². The van der Waals surface area contributed by atoms with Gasteiger partial charge in [-0.05, 0) is 42.7 Å². The smallest absolute Gasteiger partial charge is 0.231 e. The average Bonchev–Trinajstić information content (AvgIpc) is 2.91. The molecule has 0 amide bonds. The van der Waals surface area contributed by atoms with Gasteiger partial charge in [0.1, 0.15) is 0 Å². The summed E-state index contributed by atoms with van der Waals surface area (Å²) >= 11 is 6.09. The van der Waals surface area contributed by atoms with E-state index in [2.05, 4.69) is 38.6 Å². The van der Waals surface area contributed by atoms with Gasteiger partial charge < -0.3 is 9.80 Å². The van der Waals surface area contributed by atoms with Crippen LogP contribution in [0.1, 0.15) is 39.5 Å². The van der Waals surface area contributed by atoms with E-state index in [0.717, 1.165) is 50.9 Å². The second kappa shape index (κ2) is 5.35. The molecule has 0 N–H and O–H groups in total. The van der Waals surface area contributed by atoms with Gasteiger partial charge in [0, 0.05) is 26.2 Å². The van der Waals surface area contributed by atoms with Crippen LogP contribution in [0.4, 0.5) is 11.9 Å².